The fourth-order valence-electron chi connectivity index (χ4n) is 3.29. The standard InChI is InChI=1S/C17H27NS/c1-4-18-17(14-11-9-13(2)10-12-14)15-7-5-6-8-16(15)19-3/h5-8,13-14,17-18H,4,9-12H2,1-3H3. The van der Waals surface area contributed by atoms with Crippen LogP contribution in [0.15, 0.2) is 29.2 Å². The summed E-state index contributed by atoms with van der Waals surface area (Å²) in [4.78, 5) is 1.44. The summed E-state index contributed by atoms with van der Waals surface area (Å²) in [7, 11) is 0. The highest BCUT2D eigenvalue weighted by molar-refractivity contribution is 7.98. The molecule has 1 saturated carbocycles. The number of benzene rings is 1. The summed E-state index contributed by atoms with van der Waals surface area (Å²) in [6, 6.07) is 9.46. The average molecular weight is 277 g/mol. The van der Waals surface area contributed by atoms with Gasteiger partial charge in [0.15, 0.2) is 0 Å². The fourth-order valence-corrected chi connectivity index (χ4v) is 3.94. The van der Waals surface area contributed by atoms with Crippen LogP contribution in [0.2, 0.25) is 0 Å². The molecule has 0 saturated heterocycles. The molecule has 19 heavy (non-hydrogen) atoms. The van der Waals surface area contributed by atoms with Crippen LogP contribution in [0.4, 0.5) is 0 Å². The average Bonchev–Trinajstić information content (AvgIpc) is 2.46. The molecule has 0 radical (unpaired) electrons. The summed E-state index contributed by atoms with van der Waals surface area (Å²) in [5, 5.41) is 3.74. The summed E-state index contributed by atoms with van der Waals surface area (Å²) in [6.45, 7) is 5.67. The maximum Gasteiger partial charge on any atom is 0.0359 e. The van der Waals surface area contributed by atoms with Crippen LogP contribution in [-0.4, -0.2) is 12.8 Å². The molecule has 1 fully saturated rings. The van der Waals surface area contributed by atoms with E-state index < -0.39 is 0 Å². The zero-order valence-corrected chi connectivity index (χ0v) is 13.3. The number of hydrogen-bond donors (Lipinski definition) is 1. The van der Waals surface area contributed by atoms with E-state index in [1.165, 1.54) is 36.1 Å². The predicted molar refractivity (Wildman–Crippen MR) is 85.8 cm³/mol. The Bertz CT molecular complexity index is 383. The third kappa shape index (κ3) is 3.76. The van der Waals surface area contributed by atoms with Crippen LogP contribution in [0, 0.1) is 11.8 Å². The van der Waals surface area contributed by atoms with Crippen molar-refractivity contribution in [3.63, 3.8) is 0 Å². The second-order valence-corrected chi connectivity index (χ2v) is 6.65. The lowest BCUT2D eigenvalue weighted by Crippen LogP contribution is -2.31. The Labute approximate surface area is 122 Å². The molecule has 1 aromatic carbocycles. The quantitative estimate of drug-likeness (QED) is 0.769. The Morgan fingerprint density at radius 3 is 2.53 bits per heavy atom. The third-order valence-corrected chi connectivity index (χ3v) is 5.24. The second kappa shape index (κ2) is 7.35. The van der Waals surface area contributed by atoms with Crippen molar-refractivity contribution in [2.24, 2.45) is 11.8 Å². The molecular weight excluding hydrogens is 250 g/mol. The van der Waals surface area contributed by atoms with Gasteiger partial charge in [-0.2, -0.15) is 0 Å². The number of thioether (sulfide) groups is 1. The van der Waals surface area contributed by atoms with Gasteiger partial charge < -0.3 is 5.32 Å². The zero-order chi connectivity index (χ0) is 13.7. The second-order valence-electron chi connectivity index (χ2n) is 5.80. The molecule has 0 heterocycles. The summed E-state index contributed by atoms with van der Waals surface area (Å²) in [5.41, 5.74) is 1.51. The van der Waals surface area contributed by atoms with Crippen LogP contribution in [0.25, 0.3) is 0 Å². The molecule has 1 aromatic rings. The molecule has 1 aliphatic rings. The Morgan fingerprint density at radius 2 is 1.89 bits per heavy atom. The van der Waals surface area contributed by atoms with Gasteiger partial charge in [0.1, 0.15) is 0 Å². The molecule has 2 heteroatoms. The van der Waals surface area contributed by atoms with Crippen LogP contribution >= 0.6 is 11.8 Å². The third-order valence-electron chi connectivity index (χ3n) is 4.43. The molecular formula is C17H27NS. The Morgan fingerprint density at radius 1 is 1.21 bits per heavy atom. The van der Waals surface area contributed by atoms with Gasteiger partial charge in [0.25, 0.3) is 0 Å². The fraction of sp³-hybridized carbons (Fsp3) is 0.647. The van der Waals surface area contributed by atoms with Crippen molar-refractivity contribution in [3.8, 4) is 0 Å². The Kier molecular flexibility index (Phi) is 5.77. The van der Waals surface area contributed by atoms with Gasteiger partial charge in [-0.05, 0) is 49.1 Å². The molecule has 0 bridgehead atoms. The van der Waals surface area contributed by atoms with Crippen molar-refractivity contribution < 1.29 is 0 Å². The summed E-state index contributed by atoms with van der Waals surface area (Å²) in [5.74, 6) is 1.73. The monoisotopic (exact) mass is 277 g/mol. The maximum atomic E-state index is 3.74. The van der Waals surface area contributed by atoms with E-state index in [1.54, 1.807) is 0 Å². The number of rotatable bonds is 5. The molecule has 0 aliphatic heterocycles. The van der Waals surface area contributed by atoms with E-state index in [2.05, 4.69) is 49.7 Å². The summed E-state index contributed by atoms with van der Waals surface area (Å²) >= 11 is 1.87. The van der Waals surface area contributed by atoms with E-state index >= 15 is 0 Å². The zero-order valence-electron chi connectivity index (χ0n) is 12.5. The van der Waals surface area contributed by atoms with Gasteiger partial charge in [-0.25, -0.2) is 0 Å². The van der Waals surface area contributed by atoms with Gasteiger partial charge in [0.05, 0.1) is 0 Å². The molecule has 0 amide bonds. The van der Waals surface area contributed by atoms with Gasteiger partial charge >= 0.3 is 0 Å². The van der Waals surface area contributed by atoms with E-state index in [0.29, 0.717) is 6.04 Å². The van der Waals surface area contributed by atoms with Crippen molar-refractivity contribution in [1.29, 1.82) is 0 Å². The first-order chi connectivity index (χ1) is 9.26. The molecule has 1 atom stereocenters. The van der Waals surface area contributed by atoms with E-state index in [0.717, 1.165) is 18.4 Å². The van der Waals surface area contributed by atoms with Crippen molar-refractivity contribution in [2.45, 2.75) is 50.5 Å². The van der Waals surface area contributed by atoms with Crippen molar-refractivity contribution in [1.82, 2.24) is 5.32 Å². The lowest BCUT2D eigenvalue weighted by atomic mass is 9.77. The maximum absolute atomic E-state index is 3.74. The largest absolute Gasteiger partial charge is 0.310 e. The number of hydrogen-bond acceptors (Lipinski definition) is 2. The van der Waals surface area contributed by atoms with Gasteiger partial charge in [-0.3, -0.25) is 0 Å². The molecule has 0 aromatic heterocycles. The first-order valence-corrected chi connectivity index (χ1v) is 8.85. The lowest BCUT2D eigenvalue weighted by Gasteiger charge is -2.34. The molecule has 1 aliphatic carbocycles. The minimum Gasteiger partial charge on any atom is -0.310 e. The molecule has 2 rings (SSSR count). The Balaban J connectivity index is 2.19. The highest BCUT2D eigenvalue weighted by Gasteiger charge is 2.27. The van der Waals surface area contributed by atoms with Crippen LogP contribution in [-0.2, 0) is 0 Å². The minimum absolute atomic E-state index is 0.543. The molecule has 0 spiro atoms. The first-order valence-electron chi connectivity index (χ1n) is 7.62. The van der Waals surface area contributed by atoms with E-state index in [4.69, 9.17) is 0 Å². The molecule has 1 N–H and O–H groups in total. The van der Waals surface area contributed by atoms with E-state index in [-0.39, 0.29) is 0 Å². The topological polar surface area (TPSA) is 12.0 Å². The van der Waals surface area contributed by atoms with Crippen LogP contribution in [0.3, 0.4) is 0 Å². The van der Waals surface area contributed by atoms with Crippen LogP contribution in [0.1, 0.15) is 51.1 Å². The first kappa shape index (κ1) is 14.9. The lowest BCUT2D eigenvalue weighted by molar-refractivity contribution is 0.231. The van der Waals surface area contributed by atoms with E-state index in [9.17, 15) is 0 Å². The van der Waals surface area contributed by atoms with Gasteiger partial charge in [-0.15, -0.1) is 11.8 Å². The van der Waals surface area contributed by atoms with Gasteiger partial charge in [-0.1, -0.05) is 44.9 Å². The smallest absolute Gasteiger partial charge is 0.0359 e. The molecule has 1 unspecified atom stereocenters. The summed E-state index contributed by atoms with van der Waals surface area (Å²) < 4.78 is 0. The predicted octanol–water partition coefficient (Wildman–Crippen LogP) is 4.89. The normalized spacial score (nSPS) is 25.2. The number of nitrogens with one attached hydrogen (secondary N) is 1. The van der Waals surface area contributed by atoms with Crippen molar-refractivity contribution in [3.05, 3.63) is 29.8 Å². The van der Waals surface area contributed by atoms with E-state index in [1.807, 2.05) is 11.8 Å². The minimum atomic E-state index is 0.543. The van der Waals surface area contributed by atoms with Crippen molar-refractivity contribution >= 4 is 11.8 Å². The molecule has 1 nitrogen and oxygen atoms in total. The van der Waals surface area contributed by atoms with Crippen molar-refractivity contribution in [2.75, 3.05) is 12.8 Å². The van der Waals surface area contributed by atoms with Crippen LogP contribution < -0.4 is 5.32 Å². The Hall–Kier alpha value is -0.470. The van der Waals surface area contributed by atoms with Gasteiger partial charge in [0, 0.05) is 10.9 Å². The summed E-state index contributed by atoms with van der Waals surface area (Å²) in [6.07, 6.45) is 7.73. The molecule has 106 valence electrons. The van der Waals surface area contributed by atoms with Gasteiger partial charge in [0.2, 0.25) is 0 Å². The SMILES string of the molecule is CCNC(c1ccccc1SC)C1CCC(C)CC1. The highest BCUT2D eigenvalue weighted by atomic mass is 32.2. The highest BCUT2D eigenvalue weighted by Crippen LogP contribution is 2.39. The van der Waals surface area contributed by atoms with Crippen LogP contribution in [0.5, 0.6) is 0 Å².